The minimum atomic E-state index is -0.216. The molecule has 0 amide bonds. The zero-order chi connectivity index (χ0) is 21.0. The number of hydrogen-bond acceptors (Lipinski definition) is 2. The van der Waals surface area contributed by atoms with Gasteiger partial charge in [-0.15, -0.1) is 0 Å². The Hall–Kier alpha value is -3.24. The van der Waals surface area contributed by atoms with Crippen molar-refractivity contribution >= 4 is 0 Å². The van der Waals surface area contributed by atoms with Crippen LogP contribution in [0.4, 0.5) is 4.39 Å². The van der Waals surface area contributed by atoms with Gasteiger partial charge in [0.15, 0.2) is 0 Å². The Morgan fingerprint density at radius 2 is 1.58 bits per heavy atom. The summed E-state index contributed by atoms with van der Waals surface area (Å²) < 4.78 is 13.5. The average Bonchev–Trinajstić information content (AvgIpc) is 3.27. The molecule has 0 saturated carbocycles. The quantitative estimate of drug-likeness (QED) is 0.420. The number of piperidine rings is 1. The third kappa shape index (κ3) is 4.44. The van der Waals surface area contributed by atoms with E-state index in [1.165, 1.54) is 23.4 Å². The molecule has 0 aliphatic carbocycles. The molecule has 31 heavy (non-hydrogen) atoms. The first-order valence-corrected chi connectivity index (χ1v) is 10.9. The van der Waals surface area contributed by atoms with Crippen molar-refractivity contribution in [3.63, 3.8) is 0 Å². The minimum absolute atomic E-state index is 0.216. The lowest BCUT2D eigenvalue weighted by Gasteiger charge is -2.31. The van der Waals surface area contributed by atoms with Crippen LogP contribution >= 0.6 is 0 Å². The van der Waals surface area contributed by atoms with E-state index in [1.54, 1.807) is 0 Å². The number of benzene rings is 2. The van der Waals surface area contributed by atoms with Crippen LogP contribution < -0.4 is 0 Å². The summed E-state index contributed by atoms with van der Waals surface area (Å²) in [5.74, 6) is 0.286. The van der Waals surface area contributed by atoms with Gasteiger partial charge in [-0.3, -0.25) is 9.88 Å². The van der Waals surface area contributed by atoms with E-state index in [4.69, 9.17) is 0 Å². The first-order valence-electron chi connectivity index (χ1n) is 10.9. The molecular formula is C27H26FN3. The highest BCUT2D eigenvalue weighted by Crippen LogP contribution is 2.37. The molecule has 1 N–H and O–H groups in total. The molecule has 0 radical (unpaired) electrons. The summed E-state index contributed by atoms with van der Waals surface area (Å²) in [6.45, 7) is 3.20. The molecule has 1 saturated heterocycles. The predicted molar refractivity (Wildman–Crippen MR) is 123 cm³/mol. The zero-order valence-corrected chi connectivity index (χ0v) is 17.5. The summed E-state index contributed by atoms with van der Waals surface area (Å²) in [4.78, 5) is 10.4. The van der Waals surface area contributed by atoms with Gasteiger partial charge in [0, 0.05) is 36.1 Å². The van der Waals surface area contributed by atoms with Crippen LogP contribution in [0.5, 0.6) is 0 Å². The Bertz CT molecular complexity index is 1110. The number of hydrogen-bond donors (Lipinski definition) is 1. The Morgan fingerprint density at radius 3 is 2.29 bits per heavy atom. The van der Waals surface area contributed by atoms with Gasteiger partial charge in [0.1, 0.15) is 5.82 Å². The second-order valence-corrected chi connectivity index (χ2v) is 8.29. The van der Waals surface area contributed by atoms with E-state index in [9.17, 15) is 4.39 Å². The molecule has 2 aromatic carbocycles. The lowest BCUT2D eigenvalue weighted by Crippen LogP contribution is -2.32. The van der Waals surface area contributed by atoms with Crippen molar-refractivity contribution in [2.75, 3.05) is 13.1 Å². The molecule has 2 aromatic heterocycles. The molecule has 156 valence electrons. The van der Waals surface area contributed by atoms with Crippen LogP contribution in [-0.4, -0.2) is 28.0 Å². The molecule has 0 unspecified atom stereocenters. The Morgan fingerprint density at radius 1 is 0.871 bits per heavy atom. The highest BCUT2D eigenvalue weighted by Gasteiger charge is 2.24. The molecule has 0 bridgehead atoms. The molecule has 4 heteroatoms. The van der Waals surface area contributed by atoms with Crippen LogP contribution in [0.3, 0.4) is 0 Å². The first kappa shape index (κ1) is 19.7. The number of nitrogens with one attached hydrogen (secondary N) is 1. The van der Waals surface area contributed by atoms with Gasteiger partial charge < -0.3 is 4.98 Å². The summed E-state index contributed by atoms with van der Waals surface area (Å²) >= 11 is 0. The third-order valence-electron chi connectivity index (χ3n) is 6.24. The van der Waals surface area contributed by atoms with Crippen molar-refractivity contribution < 1.29 is 4.39 Å². The summed E-state index contributed by atoms with van der Waals surface area (Å²) in [5, 5.41) is 0. The van der Waals surface area contributed by atoms with Crippen molar-refractivity contribution in [3.05, 3.63) is 102 Å². The van der Waals surface area contributed by atoms with Crippen LogP contribution in [0, 0.1) is 5.82 Å². The Labute approximate surface area is 182 Å². The number of H-pyrrole nitrogens is 1. The number of likely N-dealkylation sites (tertiary alicyclic amines) is 1. The minimum Gasteiger partial charge on any atom is -0.358 e. The van der Waals surface area contributed by atoms with Crippen molar-refractivity contribution in [1.82, 2.24) is 14.9 Å². The number of aromatic amines is 1. The summed E-state index contributed by atoms with van der Waals surface area (Å²) in [6, 6.07) is 23.8. The van der Waals surface area contributed by atoms with E-state index >= 15 is 0 Å². The lowest BCUT2D eigenvalue weighted by molar-refractivity contribution is 0.203. The van der Waals surface area contributed by atoms with Gasteiger partial charge in [0.25, 0.3) is 0 Å². The molecule has 1 aliphatic rings. The number of nitrogens with zero attached hydrogens (tertiary/aromatic N) is 2. The van der Waals surface area contributed by atoms with Crippen LogP contribution in [0.1, 0.15) is 30.0 Å². The maximum atomic E-state index is 13.5. The van der Waals surface area contributed by atoms with Gasteiger partial charge in [0.05, 0.1) is 5.69 Å². The number of halogens is 1. The average molecular weight is 412 g/mol. The van der Waals surface area contributed by atoms with Crippen LogP contribution in [0.25, 0.3) is 22.4 Å². The van der Waals surface area contributed by atoms with Crippen LogP contribution in [0.15, 0.2) is 85.2 Å². The molecule has 5 rings (SSSR count). The second kappa shape index (κ2) is 8.86. The van der Waals surface area contributed by atoms with E-state index in [0.717, 1.165) is 54.9 Å². The van der Waals surface area contributed by atoms with E-state index in [0.29, 0.717) is 5.92 Å². The normalized spacial score (nSPS) is 15.3. The predicted octanol–water partition coefficient (Wildman–Crippen LogP) is 6.26. The number of aromatic nitrogens is 2. The summed E-state index contributed by atoms with van der Waals surface area (Å²) in [5.41, 5.74) is 6.97. The Kier molecular flexibility index (Phi) is 5.63. The van der Waals surface area contributed by atoms with Crippen molar-refractivity contribution in [1.29, 1.82) is 0 Å². The van der Waals surface area contributed by atoms with Gasteiger partial charge in [0.2, 0.25) is 0 Å². The van der Waals surface area contributed by atoms with E-state index in [-0.39, 0.29) is 5.82 Å². The van der Waals surface area contributed by atoms with Crippen LogP contribution in [-0.2, 0) is 6.54 Å². The first-order chi connectivity index (χ1) is 15.3. The van der Waals surface area contributed by atoms with Crippen molar-refractivity contribution in [3.8, 4) is 22.4 Å². The van der Waals surface area contributed by atoms with Gasteiger partial charge in [-0.1, -0.05) is 30.3 Å². The number of pyridine rings is 1. The van der Waals surface area contributed by atoms with Gasteiger partial charge in [-0.25, -0.2) is 4.39 Å². The standard InChI is InChI=1S/C27H26FN3/c28-24-8-6-23(7-9-24)27-25(21-10-14-29-15-11-21)18-26(30-27)22-12-16-31(17-13-22)19-20-4-2-1-3-5-20/h1-11,14-15,18,22,30H,12-13,16-17,19H2. The molecule has 1 fully saturated rings. The maximum absolute atomic E-state index is 13.5. The number of rotatable bonds is 5. The highest BCUT2D eigenvalue weighted by molar-refractivity contribution is 5.82. The fourth-order valence-electron chi connectivity index (χ4n) is 4.54. The van der Waals surface area contributed by atoms with Gasteiger partial charge in [-0.2, -0.15) is 0 Å². The molecule has 3 nitrogen and oxygen atoms in total. The molecule has 0 atom stereocenters. The smallest absolute Gasteiger partial charge is 0.123 e. The largest absolute Gasteiger partial charge is 0.358 e. The fourth-order valence-corrected chi connectivity index (χ4v) is 4.54. The van der Waals surface area contributed by atoms with Crippen LogP contribution in [0.2, 0.25) is 0 Å². The van der Waals surface area contributed by atoms with E-state index < -0.39 is 0 Å². The summed E-state index contributed by atoms with van der Waals surface area (Å²) in [6.07, 6.45) is 5.90. The monoisotopic (exact) mass is 411 g/mol. The summed E-state index contributed by atoms with van der Waals surface area (Å²) in [7, 11) is 0. The molecule has 1 aliphatic heterocycles. The highest BCUT2D eigenvalue weighted by atomic mass is 19.1. The molecule has 4 aromatic rings. The second-order valence-electron chi connectivity index (χ2n) is 8.29. The molecular weight excluding hydrogens is 385 g/mol. The SMILES string of the molecule is Fc1ccc(-c2[nH]c(C3CCN(Cc4ccccc4)CC3)cc2-c2ccncc2)cc1. The molecule has 0 spiro atoms. The van der Waals surface area contributed by atoms with E-state index in [2.05, 4.69) is 51.3 Å². The van der Waals surface area contributed by atoms with Gasteiger partial charge >= 0.3 is 0 Å². The maximum Gasteiger partial charge on any atom is 0.123 e. The van der Waals surface area contributed by atoms with Crippen molar-refractivity contribution in [2.24, 2.45) is 0 Å². The third-order valence-corrected chi connectivity index (χ3v) is 6.24. The van der Waals surface area contributed by atoms with E-state index in [1.807, 2.05) is 36.7 Å². The fraction of sp³-hybridized carbons (Fsp3) is 0.222. The topological polar surface area (TPSA) is 31.9 Å². The van der Waals surface area contributed by atoms with Gasteiger partial charge in [-0.05, 0) is 85.1 Å². The Balaban J connectivity index is 1.38. The van der Waals surface area contributed by atoms with Crippen molar-refractivity contribution in [2.45, 2.75) is 25.3 Å². The zero-order valence-electron chi connectivity index (χ0n) is 17.5. The molecule has 3 heterocycles. The lowest BCUT2D eigenvalue weighted by atomic mass is 9.92.